The number of fused-ring (bicyclic) bond motifs is 1. The second-order valence-corrected chi connectivity index (χ2v) is 9.21. The van der Waals surface area contributed by atoms with Crippen LogP contribution in [0.5, 0.6) is 0 Å². The van der Waals surface area contributed by atoms with Gasteiger partial charge in [-0.25, -0.2) is 9.78 Å². The van der Waals surface area contributed by atoms with Crippen LogP contribution >= 0.6 is 11.3 Å². The predicted molar refractivity (Wildman–Crippen MR) is 125 cm³/mol. The number of aryl methyl sites for hydroxylation is 2. The number of aromatic nitrogens is 2. The lowest BCUT2D eigenvalue weighted by atomic mass is 10.1. The summed E-state index contributed by atoms with van der Waals surface area (Å²) in [6, 6.07) is 8.27. The molecule has 0 aliphatic carbocycles. The lowest BCUT2D eigenvalue weighted by Crippen LogP contribution is -2.52. The summed E-state index contributed by atoms with van der Waals surface area (Å²) in [5.41, 5.74) is 4.54. The highest BCUT2D eigenvalue weighted by atomic mass is 32.1. The lowest BCUT2D eigenvalue weighted by molar-refractivity contribution is -0.141. The average molecular weight is 456 g/mol. The standard InChI is InChI=1S/C23H29N5O3S/c1-4-31-20(29)13-24-22(30)27-11-9-26(10-12-27)15-19-21(18-7-5-16(2)6-8-18)25-23-28(19)14-17(3)32-23/h5-8,14H,4,9-13,15H2,1-3H3,(H,24,30). The summed E-state index contributed by atoms with van der Waals surface area (Å²) in [7, 11) is 0. The molecular weight excluding hydrogens is 426 g/mol. The molecule has 3 heterocycles. The molecule has 3 aromatic rings. The number of piperazine rings is 1. The van der Waals surface area contributed by atoms with E-state index in [1.165, 1.54) is 16.1 Å². The first-order chi connectivity index (χ1) is 15.4. The van der Waals surface area contributed by atoms with Crippen molar-refractivity contribution >= 4 is 28.3 Å². The topological polar surface area (TPSA) is 79.2 Å². The molecule has 1 aliphatic heterocycles. The van der Waals surface area contributed by atoms with Gasteiger partial charge in [-0.05, 0) is 20.8 Å². The van der Waals surface area contributed by atoms with Gasteiger partial charge in [-0.2, -0.15) is 0 Å². The number of benzene rings is 1. The van der Waals surface area contributed by atoms with E-state index in [0.29, 0.717) is 19.7 Å². The summed E-state index contributed by atoms with van der Waals surface area (Å²) in [5.74, 6) is -0.418. The maximum absolute atomic E-state index is 12.4. The van der Waals surface area contributed by atoms with Crippen LogP contribution in [0.2, 0.25) is 0 Å². The third kappa shape index (κ3) is 4.94. The molecule has 0 bridgehead atoms. The Morgan fingerprint density at radius 1 is 1.12 bits per heavy atom. The Kier molecular flexibility index (Phi) is 6.76. The quantitative estimate of drug-likeness (QED) is 0.578. The van der Waals surface area contributed by atoms with Crippen molar-refractivity contribution in [3.8, 4) is 11.3 Å². The van der Waals surface area contributed by atoms with Gasteiger partial charge in [0.1, 0.15) is 6.54 Å². The Bertz CT molecular complexity index is 1100. The molecule has 9 heteroatoms. The van der Waals surface area contributed by atoms with Crippen molar-refractivity contribution < 1.29 is 14.3 Å². The van der Waals surface area contributed by atoms with Gasteiger partial charge < -0.3 is 15.0 Å². The Hall–Kier alpha value is -2.91. The Balaban J connectivity index is 1.43. The first-order valence-electron chi connectivity index (χ1n) is 10.9. The first-order valence-corrected chi connectivity index (χ1v) is 11.7. The zero-order chi connectivity index (χ0) is 22.7. The minimum atomic E-state index is -0.418. The van der Waals surface area contributed by atoms with E-state index in [1.54, 1.807) is 23.2 Å². The molecule has 32 heavy (non-hydrogen) atoms. The monoisotopic (exact) mass is 455 g/mol. The number of esters is 1. The van der Waals surface area contributed by atoms with Crippen LogP contribution in [-0.2, 0) is 16.1 Å². The molecule has 0 unspecified atom stereocenters. The summed E-state index contributed by atoms with van der Waals surface area (Å²) in [5, 5.41) is 2.64. The number of amides is 2. The number of ether oxygens (including phenoxy) is 1. The van der Waals surface area contributed by atoms with Crippen molar-refractivity contribution in [1.82, 2.24) is 24.5 Å². The van der Waals surface area contributed by atoms with Gasteiger partial charge in [-0.1, -0.05) is 29.8 Å². The zero-order valence-electron chi connectivity index (χ0n) is 18.8. The highest BCUT2D eigenvalue weighted by Crippen LogP contribution is 2.29. The molecule has 8 nitrogen and oxygen atoms in total. The first kappa shape index (κ1) is 22.3. The number of imidazole rings is 1. The minimum absolute atomic E-state index is 0.0991. The fraction of sp³-hybridized carbons (Fsp3) is 0.435. The Morgan fingerprint density at radius 2 is 1.84 bits per heavy atom. The van der Waals surface area contributed by atoms with Crippen LogP contribution in [0.4, 0.5) is 4.79 Å². The van der Waals surface area contributed by atoms with Gasteiger partial charge in [0.25, 0.3) is 0 Å². The molecule has 1 aromatic carbocycles. The molecule has 1 N–H and O–H groups in total. The molecule has 0 radical (unpaired) electrons. The number of urea groups is 1. The molecule has 4 rings (SSSR count). The van der Waals surface area contributed by atoms with Gasteiger partial charge in [-0.3, -0.25) is 14.1 Å². The largest absolute Gasteiger partial charge is 0.465 e. The summed E-state index contributed by atoms with van der Waals surface area (Å²) >= 11 is 1.70. The van der Waals surface area contributed by atoms with Gasteiger partial charge in [0.15, 0.2) is 4.96 Å². The van der Waals surface area contributed by atoms with Crippen LogP contribution in [0.15, 0.2) is 30.5 Å². The van der Waals surface area contributed by atoms with E-state index in [0.717, 1.165) is 35.9 Å². The van der Waals surface area contributed by atoms with E-state index in [1.807, 2.05) is 0 Å². The van der Waals surface area contributed by atoms with Crippen LogP contribution in [0.3, 0.4) is 0 Å². The van der Waals surface area contributed by atoms with Crippen LogP contribution < -0.4 is 5.32 Å². The normalized spacial score (nSPS) is 14.7. The average Bonchev–Trinajstić information content (AvgIpc) is 3.30. The van der Waals surface area contributed by atoms with Crippen LogP contribution in [0.1, 0.15) is 23.1 Å². The number of carbonyl (C=O) groups excluding carboxylic acids is 2. The Labute approximate surface area is 191 Å². The second-order valence-electron chi connectivity index (χ2n) is 7.99. The molecule has 1 fully saturated rings. The van der Waals surface area contributed by atoms with E-state index < -0.39 is 5.97 Å². The summed E-state index contributed by atoms with van der Waals surface area (Å²) < 4.78 is 7.06. The lowest BCUT2D eigenvalue weighted by Gasteiger charge is -2.34. The molecule has 2 amide bonds. The third-order valence-electron chi connectivity index (χ3n) is 5.59. The molecule has 1 aliphatic rings. The minimum Gasteiger partial charge on any atom is -0.465 e. The van der Waals surface area contributed by atoms with Gasteiger partial charge >= 0.3 is 12.0 Å². The highest BCUT2D eigenvalue weighted by molar-refractivity contribution is 7.17. The number of thiazole rings is 1. The summed E-state index contributed by atoms with van der Waals surface area (Å²) in [6.07, 6.45) is 2.15. The summed E-state index contributed by atoms with van der Waals surface area (Å²) in [6.45, 7) is 9.64. The van der Waals surface area contributed by atoms with Crippen molar-refractivity contribution in [2.45, 2.75) is 27.3 Å². The maximum Gasteiger partial charge on any atom is 0.325 e. The third-order valence-corrected chi connectivity index (χ3v) is 6.49. The van der Waals surface area contributed by atoms with Crippen molar-refractivity contribution in [3.05, 3.63) is 46.6 Å². The Morgan fingerprint density at radius 3 is 2.53 bits per heavy atom. The number of nitrogens with one attached hydrogen (secondary N) is 1. The number of carbonyl (C=O) groups is 2. The molecule has 0 saturated carbocycles. The number of hydrogen-bond donors (Lipinski definition) is 1. The molecular formula is C23H29N5O3S. The summed E-state index contributed by atoms with van der Waals surface area (Å²) in [4.78, 5) is 35.1. The van der Waals surface area contributed by atoms with Gasteiger partial charge in [0.2, 0.25) is 0 Å². The van der Waals surface area contributed by atoms with Crippen molar-refractivity contribution in [2.24, 2.45) is 0 Å². The fourth-order valence-corrected chi connectivity index (χ4v) is 4.73. The zero-order valence-corrected chi connectivity index (χ0v) is 19.6. The molecule has 0 atom stereocenters. The van der Waals surface area contributed by atoms with E-state index in [4.69, 9.17) is 9.72 Å². The molecule has 0 spiro atoms. The number of nitrogens with zero attached hydrogens (tertiary/aromatic N) is 4. The fourth-order valence-electron chi connectivity index (χ4n) is 3.89. The van der Waals surface area contributed by atoms with Gasteiger partial charge in [0.05, 0.1) is 18.0 Å². The highest BCUT2D eigenvalue weighted by Gasteiger charge is 2.24. The van der Waals surface area contributed by atoms with Crippen molar-refractivity contribution in [3.63, 3.8) is 0 Å². The molecule has 1 saturated heterocycles. The number of hydrogen-bond acceptors (Lipinski definition) is 6. The van der Waals surface area contributed by atoms with Crippen molar-refractivity contribution in [1.29, 1.82) is 0 Å². The second kappa shape index (κ2) is 9.70. The van der Waals surface area contributed by atoms with Gasteiger partial charge in [-0.15, -0.1) is 11.3 Å². The molecule has 170 valence electrons. The van der Waals surface area contributed by atoms with Crippen LogP contribution in [-0.4, -0.2) is 70.5 Å². The SMILES string of the molecule is CCOC(=O)CNC(=O)N1CCN(Cc2c(-c3ccc(C)cc3)nc3sc(C)cn23)CC1. The smallest absolute Gasteiger partial charge is 0.325 e. The molecule has 2 aromatic heterocycles. The number of rotatable bonds is 6. The van der Waals surface area contributed by atoms with Gasteiger partial charge in [0, 0.05) is 49.4 Å². The predicted octanol–water partition coefficient (Wildman–Crippen LogP) is 3.07. The van der Waals surface area contributed by atoms with E-state index in [9.17, 15) is 9.59 Å². The maximum atomic E-state index is 12.4. The van der Waals surface area contributed by atoms with E-state index >= 15 is 0 Å². The van der Waals surface area contributed by atoms with Crippen LogP contribution in [0.25, 0.3) is 16.2 Å². The van der Waals surface area contributed by atoms with Crippen molar-refractivity contribution in [2.75, 3.05) is 39.3 Å². The van der Waals surface area contributed by atoms with E-state index in [2.05, 4.69) is 58.9 Å². The van der Waals surface area contributed by atoms with E-state index in [-0.39, 0.29) is 12.6 Å². The van der Waals surface area contributed by atoms with Crippen LogP contribution in [0, 0.1) is 13.8 Å².